The van der Waals surface area contributed by atoms with Gasteiger partial charge in [-0.25, -0.2) is 0 Å². The van der Waals surface area contributed by atoms with E-state index in [9.17, 15) is 4.80 Å². The highest BCUT2D eigenvalue weighted by molar-refractivity contribution is 6.64. The third-order valence-electron chi connectivity index (χ3n) is 4.93. The molecule has 2 saturated heterocycles. The van der Waals surface area contributed by atoms with Crippen LogP contribution in [0, 0.1) is 0 Å². The second-order valence-electron chi connectivity index (χ2n) is 6.22. The molecule has 18 heavy (non-hydrogen) atoms. The van der Waals surface area contributed by atoms with E-state index in [1.807, 2.05) is 6.55 Å². The second kappa shape index (κ2) is 5.75. The van der Waals surface area contributed by atoms with E-state index in [1.165, 1.54) is 19.3 Å². The van der Waals surface area contributed by atoms with E-state index < -0.39 is 17.8 Å². The molecule has 0 bridgehead atoms. The first-order valence-corrected chi connectivity index (χ1v) is 12.6. The van der Waals surface area contributed by atoms with E-state index in [-0.39, 0.29) is 10.4 Å². The number of ether oxygens (including phenoxy) is 2. The smallest absolute Gasteiger partial charge is 0.204 e. The number of hydrogen-bond donors (Lipinski definition) is 1. The van der Waals surface area contributed by atoms with Crippen molar-refractivity contribution in [3.8, 4) is 0 Å². The van der Waals surface area contributed by atoms with E-state index in [1.54, 1.807) is 0 Å². The van der Waals surface area contributed by atoms with Gasteiger partial charge < -0.3 is 14.3 Å². The highest BCUT2D eigenvalue weighted by Gasteiger charge is 2.59. The van der Waals surface area contributed by atoms with Crippen LogP contribution in [0.4, 0.5) is 0 Å². The summed E-state index contributed by atoms with van der Waals surface area (Å²) < 4.78 is 12.6. The Hall–Kier alpha value is 0.314. The number of hydrogen-bond acceptors (Lipinski definition) is 3. The van der Waals surface area contributed by atoms with Crippen molar-refractivity contribution >= 4 is 17.8 Å². The summed E-state index contributed by atoms with van der Waals surface area (Å²) in [7, 11) is -2.95. The number of rotatable bonds is 3. The van der Waals surface area contributed by atoms with Gasteiger partial charge in [0.25, 0.3) is 0 Å². The van der Waals surface area contributed by atoms with Crippen LogP contribution >= 0.6 is 0 Å². The molecule has 0 aromatic carbocycles. The fourth-order valence-corrected chi connectivity index (χ4v) is 10.0. The molecule has 0 spiro atoms. The Morgan fingerprint density at radius 1 is 0.833 bits per heavy atom. The van der Waals surface area contributed by atoms with Gasteiger partial charge in [-0.3, -0.25) is 0 Å². The van der Waals surface area contributed by atoms with Crippen LogP contribution in [0.3, 0.4) is 0 Å². The van der Waals surface area contributed by atoms with Crippen LogP contribution in [0.25, 0.3) is 0 Å². The summed E-state index contributed by atoms with van der Waals surface area (Å²) in [6.45, 7) is 8.42. The third-order valence-corrected chi connectivity index (χ3v) is 10.4. The molecule has 3 nitrogen and oxygen atoms in total. The molecule has 2 fully saturated rings. The maximum absolute atomic E-state index is 10.6. The van der Waals surface area contributed by atoms with Gasteiger partial charge in [0.15, 0.2) is 0 Å². The van der Waals surface area contributed by atoms with E-state index >= 15 is 0 Å². The molecule has 0 radical (unpaired) electrons. The summed E-state index contributed by atoms with van der Waals surface area (Å²) in [6.07, 6.45) is 6.84. The zero-order valence-electron chi connectivity index (χ0n) is 12.1. The fraction of sp³-hybridized carbons (Fsp3) is 1.00. The summed E-state index contributed by atoms with van der Waals surface area (Å²) in [5, 5.41) is -0.405. The molecule has 2 heterocycles. The van der Waals surface area contributed by atoms with Crippen molar-refractivity contribution < 1.29 is 14.3 Å². The molecule has 2 rings (SSSR count). The van der Waals surface area contributed by atoms with E-state index in [0.717, 1.165) is 32.5 Å². The predicted molar refractivity (Wildman–Crippen MR) is 79.2 cm³/mol. The maximum atomic E-state index is 10.6. The molecule has 3 atom stereocenters. The highest BCUT2D eigenvalue weighted by Crippen LogP contribution is 2.45. The topological polar surface area (TPSA) is 38.7 Å². The van der Waals surface area contributed by atoms with Crippen molar-refractivity contribution in [2.24, 2.45) is 0 Å². The van der Waals surface area contributed by atoms with E-state index in [2.05, 4.69) is 13.1 Å². The molecule has 5 heteroatoms. The largest absolute Gasteiger partial charge is 0.432 e. The summed E-state index contributed by atoms with van der Waals surface area (Å²) >= 11 is 0. The van der Waals surface area contributed by atoms with Gasteiger partial charge in [-0.15, -0.1) is 0 Å². The lowest BCUT2D eigenvalue weighted by atomic mass is 9.96. The molecule has 0 amide bonds. The molecule has 1 N–H and O–H groups in total. The van der Waals surface area contributed by atoms with Crippen molar-refractivity contribution in [1.82, 2.24) is 0 Å². The molecule has 0 aliphatic carbocycles. The lowest BCUT2D eigenvalue weighted by Crippen LogP contribution is -2.71. The molecule has 0 saturated carbocycles. The standard InChI is InChI=1S/C13H28O3Si2/c1-17(2)12(8-4-6-10-15-12)13(18(3)14)9-5-7-11-16-13/h14,17-18H,4-11H2,1-3H3. The average molecular weight is 289 g/mol. The van der Waals surface area contributed by atoms with E-state index in [0.29, 0.717) is 0 Å². The van der Waals surface area contributed by atoms with Crippen LogP contribution in [-0.4, -0.2) is 46.3 Å². The molecule has 106 valence electrons. The zero-order chi connectivity index (χ0) is 13.2. The SMILES string of the molecule is C[SiH](C)C1(C2([SiH](C)O)CCCCO2)CCCCO1. The van der Waals surface area contributed by atoms with Crippen LogP contribution in [0.15, 0.2) is 0 Å². The molecule has 2 aliphatic heterocycles. The van der Waals surface area contributed by atoms with Crippen LogP contribution in [0.1, 0.15) is 38.5 Å². The van der Waals surface area contributed by atoms with Gasteiger partial charge in [0.2, 0.25) is 9.04 Å². The molecule has 0 aromatic heterocycles. The van der Waals surface area contributed by atoms with Gasteiger partial charge in [-0.1, -0.05) is 13.1 Å². The normalized spacial score (nSPS) is 39.8. The van der Waals surface area contributed by atoms with Gasteiger partial charge in [0, 0.05) is 13.2 Å². The van der Waals surface area contributed by atoms with Crippen LogP contribution < -0.4 is 0 Å². The Morgan fingerprint density at radius 3 is 1.67 bits per heavy atom. The van der Waals surface area contributed by atoms with Crippen LogP contribution in [-0.2, 0) is 9.47 Å². The van der Waals surface area contributed by atoms with Crippen LogP contribution in [0.2, 0.25) is 19.6 Å². The maximum Gasteiger partial charge on any atom is 0.204 e. The second-order valence-corrected chi connectivity index (χ2v) is 11.7. The molecule has 0 aromatic rings. The average Bonchev–Trinajstić information content (AvgIpc) is 2.40. The van der Waals surface area contributed by atoms with Crippen molar-refractivity contribution in [3.05, 3.63) is 0 Å². The zero-order valence-corrected chi connectivity index (χ0v) is 14.4. The minimum atomic E-state index is -1.90. The first-order chi connectivity index (χ1) is 8.55. The van der Waals surface area contributed by atoms with Crippen molar-refractivity contribution in [1.29, 1.82) is 0 Å². The Balaban J connectivity index is 2.36. The van der Waals surface area contributed by atoms with Gasteiger partial charge in [0.1, 0.15) is 5.22 Å². The Kier molecular flexibility index (Phi) is 4.70. The Bertz CT molecular complexity index is 241. The van der Waals surface area contributed by atoms with Gasteiger partial charge in [0.05, 0.1) is 14.0 Å². The summed E-state index contributed by atoms with van der Waals surface area (Å²) in [6, 6.07) is 0. The van der Waals surface area contributed by atoms with Crippen molar-refractivity contribution in [2.45, 2.75) is 68.6 Å². The van der Waals surface area contributed by atoms with Gasteiger partial charge >= 0.3 is 0 Å². The lowest BCUT2D eigenvalue weighted by molar-refractivity contribution is -0.168. The van der Waals surface area contributed by atoms with E-state index in [4.69, 9.17) is 9.47 Å². The quantitative estimate of drug-likeness (QED) is 0.805. The monoisotopic (exact) mass is 288 g/mol. The summed E-state index contributed by atoms with van der Waals surface area (Å²) in [4.78, 5) is 10.6. The molecular weight excluding hydrogens is 260 g/mol. The molecular formula is C13H28O3Si2. The summed E-state index contributed by atoms with van der Waals surface area (Å²) in [5.74, 6) is 0. The minimum Gasteiger partial charge on any atom is -0.432 e. The van der Waals surface area contributed by atoms with Crippen molar-refractivity contribution in [2.75, 3.05) is 13.2 Å². The first-order valence-electron chi connectivity index (χ1n) is 7.51. The Morgan fingerprint density at radius 2 is 1.33 bits per heavy atom. The Labute approximate surface area is 114 Å². The summed E-state index contributed by atoms with van der Waals surface area (Å²) in [5.41, 5.74) is 0. The predicted octanol–water partition coefficient (Wildman–Crippen LogP) is 1.78. The molecule has 3 unspecified atom stereocenters. The van der Waals surface area contributed by atoms with Gasteiger partial charge in [-0.05, 0) is 45.1 Å². The fourth-order valence-electron chi connectivity index (χ4n) is 3.93. The minimum absolute atomic E-state index is 0.105. The lowest BCUT2D eigenvalue weighted by Gasteiger charge is -2.56. The van der Waals surface area contributed by atoms with Crippen molar-refractivity contribution in [3.63, 3.8) is 0 Å². The highest BCUT2D eigenvalue weighted by atomic mass is 28.3. The third kappa shape index (κ3) is 2.24. The van der Waals surface area contributed by atoms with Gasteiger partial charge in [-0.2, -0.15) is 0 Å². The molecule has 2 aliphatic rings. The van der Waals surface area contributed by atoms with Crippen LogP contribution in [0.5, 0.6) is 0 Å². The first kappa shape index (κ1) is 14.7.